The van der Waals surface area contributed by atoms with Crippen molar-refractivity contribution >= 4 is 43.6 Å². The number of rotatable bonds is 4. The minimum atomic E-state index is 0.661. The number of hydrogen-bond acceptors (Lipinski definition) is 1. The fraction of sp³-hybridized carbons (Fsp3) is 0. The van der Waals surface area contributed by atoms with Crippen molar-refractivity contribution in [3.05, 3.63) is 169 Å². The first-order valence-corrected chi connectivity index (χ1v) is 15.5. The Bertz CT molecular complexity index is 2600. The van der Waals surface area contributed by atoms with Crippen molar-refractivity contribution < 1.29 is 0 Å². The Balaban J connectivity index is 1.30. The summed E-state index contributed by atoms with van der Waals surface area (Å²) in [6.07, 6.45) is 0. The summed E-state index contributed by atoms with van der Waals surface area (Å²) in [6.45, 7) is 0. The van der Waals surface area contributed by atoms with Gasteiger partial charge in [-0.1, -0.05) is 109 Å². The second-order valence-corrected chi connectivity index (χ2v) is 11.7. The highest BCUT2D eigenvalue weighted by molar-refractivity contribution is 6.11. The molecular formula is C43H27N3. The lowest BCUT2D eigenvalue weighted by molar-refractivity contribution is 1.17. The zero-order valence-electron chi connectivity index (χ0n) is 24.9. The first-order valence-electron chi connectivity index (χ1n) is 15.5. The molecule has 0 amide bonds. The number of aromatic nitrogens is 2. The van der Waals surface area contributed by atoms with Crippen molar-refractivity contribution in [3.63, 3.8) is 0 Å². The SMILES string of the molecule is N#Cc1ccc2c(c1)c1ccccc1n2-c1cc(-c2cccc(-n3c4ccccc4c4ccccc43)c2)ccc1-c1ccccc1. The first kappa shape index (κ1) is 26.1. The lowest BCUT2D eigenvalue weighted by Crippen LogP contribution is -1.99. The summed E-state index contributed by atoms with van der Waals surface area (Å²) >= 11 is 0. The number of nitriles is 1. The van der Waals surface area contributed by atoms with Crippen molar-refractivity contribution in [2.75, 3.05) is 0 Å². The third-order valence-electron chi connectivity index (χ3n) is 9.14. The summed E-state index contributed by atoms with van der Waals surface area (Å²) in [5.41, 5.74) is 12.1. The zero-order chi connectivity index (χ0) is 30.6. The first-order chi connectivity index (χ1) is 22.8. The van der Waals surface area contributed by atoms with Gasteiger partial charge in [0.15, 0.2) is 0 Å². The van der Waals surface area contributed by atoms with Crippen LogP contribution in [0.3, 0.4) is 0 Å². The van der Waals surface area contributed by atoms with E-state index in [4.69, 9.17) is 0 Å². The topological polar surface area (TPSA) is 33.6 Å². The van der Waals surface area contributed by atoms with Crippen molar-refractivity contribution in [1.82, 2.24) is 9.13 Å². The fourth-order valence-electron chi connectivity index (χ4n) is 7.09. The zero-order valence-corrected chi connectivity index (χ0v) is 24.9. The van der Waals surface area contributed by atoms with Gasteiger partial charge in [0.05, 0.1) is 39.4 Å². The molecule has 0 saturated carbocycles. The number of fused-ring (bicyclic) bond motifs is 6. The Kier molecular flexibility index (Phi) is 5.88. The van der Waals surface area contributed by atoms with E-state index in [1.54, 1.807) is 0 Å². The van der Waals surface area contributed by atoms with Crippen LogP contribution in [0.25, 0.3) is 77.2 Å². The maximum Gasteiger partial charge on any atom is 0.0991 e. The number of benzene rings is 7. The number of nitrogens with zero attached hydrogens (tertiary/aromatic N) is 3. The highest BCUT2D eigenvalue weighted by atomic mass is 15.0. The van der Waals surface area contributed by atoms with Crippen LogP contribution in [-0.4, -0.2) is 9.13 Å². The van der Waals surface area contributed by atoms with Gasteiger partial charge >= 0.3 is 0 Å². The minimum absolute atomic E-state index is 0.661. The molecule has 0 aliphatic rings. The van der Waals surface area contributed by atoms with E-state index in [1.807, 2.05) is 12.1 Å². The van der Waals surface area contributed by atoms with Gasteiger partial charge in [-0.25, -0.2) is 0 Å². The summed E-state index contributed by atoms with van der Waals surface area (Å²) in [5.74, 6) is 0. The molecule has 0 aliphatic heterocycles. The van der Waals surface area contributed by atoms with Crippen LogP contribution in [0.4, 0.5) is 0 Å². The van der Waals surface area contributed by atoms with Gasteiger partial charge in [-0.3, -0.25) is 0 Å². The molecule has 9 rings (SSSR count). The smallest absolute Gasteiger partial charge is 0.0991 e. The third-order valence-corrected chi connectivity index (χ3v) is 9.14. The molecular weight excluding hydrogens is 558 g/mol. The van der Waals surface area contributed by atoms with Crippen molar-refractivity contribution in [1.29, 1.82) is 5.26 Å². The summed E-state index contributed by atoms with van der Waals surface area (Å²) in [4.78, 5) is 0. The standard InChI is InChI=1S/C43H27N3/c44-28-29-21-24-42-38(25-29)37-17-6-9-20-41(37)46(42)43-27-32(22-23-34(43)30-11-2-1-3-12-30)31-13-10-14-33(26-31)45-39-18-7-4-15-35(39)36-16-5-8-19-40(36)45/h1-27H. The van der Waals surface area contributed by atoms with Crippen molar-refractivity contribution in [3.8, 4) is 39.7 Å². The van der Waals surface area contributed by atoms with Gasteiger partial charge < -0.3 is 9.13 Å². The van der Waals surface area contributed by atoms with Crippen molar-refractivity contribution in [2.24, 2.45) is 0 Å². The molecule has 0 unspecified atom stereocenters. The quantitative estimate of drug-likeness (QED) is 0.202. The molecule has 2 aromatic heterocycles. The van der Waals surface area contributed by atoms with E-state index in [0.717, 1.165) is 55.4 Å². The van der Waals surface area contributed by atoms with E-state index < -0.39 is 0 Å². The highest BCUT2D eigenvalue weighted by Crippen LogP contribution is 2.39. The van der Waals surface area contributed by atoms with E-state index in [-0.39, 0.29) is 0 Å². The summed E-state index contributed by atoms with van der Waals surface area (Å²) in [6, 6.07) is 60.3. The Labute approximate surface area is 266 Å². The van der Waals surface area contributed by atoms with E-state index in [9.17, 15) is 5.26 Å². The van der Waals surface area contributed by atoms with Gasteiger partial charge in [-0.2, -0.15) is 5.26 Å². The highest BCUT2D eigenvalue weighted by Gasteiger charge is 2.18. The number of para-hydroxylation sites is 3. The third kappa shape index (κ3) is 3.98. The molecule has 0 atom stereocenters. The molecule has 46 heavy (non-hydrogen) atoms. The van der Waals surface area contributed by atoms with Gasteiger partial charge in [0.25, 0.3) is 0 Å². The Morgan fingerprint density at radius 3 is 1.65 bits per heavy atom. The molecule has 7 aromatic carbocycles. The van der Waals surface area contributed by atoms with Gasteiger partial charge in [0.1, 0.15) is 0 Å². The van der Waals surface area contributed by atoms with Crippen LogP contribution in [0.5, 0.6) is 0 Å². The molecule has 9 aromatic rings. The Morgan fingerprint density at radius 2 is 0.957 bits per heavy atom. The molecule has 2 heterocycles. The van der Waals surface area contributed by atoms with Crippen LogP contribution in [0.1, 0.15) is 5.56 Å². The summed E-state index contributed by atoms with van der Waals surface area (Å²) < 4.78 is 4.72. The average molecular weight is 586 g/mol. The predicted molar refractivity (Wildman–Crippen MR) is 191 cm³/mol. The molecule has 0 aliphatic carbocycles. The van der Waals surface area contributed by atoms with Gasteiger partial charge in [0, 0.05) is 32.8 Å². The van der Waals surface area contributed by atoms with E-state index in [1.165, 1.54) is 21.8 Å². The van der Waals surface area contributed by atoms with Crippen LogP contribution in [0, 0.1) is 11.3 Å². The molecule has 0 bridgehead atoms. The monoisotopic (exact) mass is 585 g/mol. The normalized spacial score (nSPS) is 11.5. The lowest BCUT2D eigenvalue weighted by Gasteiger charge is -2.17. The van der Waals surface area contributed by atoms with Crippen LogP contribution in [0.15, 0.2) is 164 Å². The van der Waals surface area contributed by atoms with Gasteiger partial charge in [-0.05, 0) is 71.3 Å². The summed E-state index contributed by atoms with van der Waals surface area (Å²) in [7, 11) is 0. The van der Waals surface area contributed by atoms with Crippen LogP contribution >= 0.6 is 0 Å². The largest absolute Gasteiger partial charge is 0.309 e. The fourth-order valence-corrected chi connectivity index (χ4v) is 7.09. The molecule has 3 nitrogen and oxygen atoms in total. The second-order valence-electron chi connectivity index (χ2n) is 11.7. The second kappa shape index (κ2) is 10.4. The Hall–Kier alpha value is -6.37. The molecule has 0 fully saturated rings. The maximum absolute atomic E-state index is 9.70. The van der Waals surface area contributed by atoms with Crippen molar-refractivity contribution in [2.45, 2.75) is 0 Å². The number of hydrogen-bond donors (Lipinski definition) is 0. The Morgan fingerprint density at radius 1 is 0.391 bits per heavy atom. The van der Waals surface area contributed by atoms with Crippen LogP contribution < -0.4 is 0 Å². The van der Waals surface area contributed by atoms with E-state index in [0.29, 0.717) is 5.56 Å². The van der Waals surface area contributed by atoms with Crippen LogP contribution in [0.2, 0.25) is 0 Å². The van der Waals surface area contributed by atoms with E-state index >= 15 is 0 Å². The molecule has 0 N–H and O–H groups in total. The molecule has 214 valence electrons. The van der Waals surface area contributed by atoms with E-state index in [2.05, 4.69) is 167 Å². The average Bonchev–Trinajstić information content (AvgIpc) is 3.64. The molecule has 3 heteroatoms. The summed E-state index contributed by atoms with van der Waals surface area (Å²) in [5, 5.41) is 14.4. The van der Waals surface area contributed by atoms with Gasteiger partial charge in [0.2, 0.25) is 0 Å². The minimum Gasteiger partial charge on any atom is -0.309 e. The molecule has 0 saturated heterocycles. The lowest BCUT2D eigenvalue weighted by atomic mass is 9.97. The van der Waals surface area contributed by atoms with Crippen LogP contribution in [-0.2, 0) is 0 Å². The maximum atomic E-state index is 9.70. The van der Waals surface area contributed by atoms with Gasteiger partial charge in [-0.15, -0.1) is 0 Å². The molecule has 0 spiro atoms. The predicted octanol–water partition coefficient (Wildman–Crippen LogP) is 11.1. The molecule has 0 radical (unpaired) electrons.